The number of benzene rings is 1. The van der Waals surface area contributed by atoms with Crippen LogP contribution in [0.5, 0.6) is 11.5 Å². The molecule has 0 aromatic heterocycles. The number of hydrogen-bond acceptors (Lipinski definition) is 4. The molecular formula is C14H18N2O4. The van der Waals surface area contributed by atoms with Crippen LogP contribution in [0.4, 0.5) is 0 Å². The average Bonchev–Trinajstić information content (AvgIpc) is 2.42. The fourth-order valence-electron chi connectivity index (χ4n) is 1.54. The highest BCUT2D eigenvalue weighted by atomic mass is 16.6. The second-order valence-electron chi connectivity index (χ2n) is 5.56. The minimum Gasteiger partial charge on any atom is -0.485 e. The number of rotatable bonds is 1. The minimum absolute atomic E-state index is 0.105. The summed E-state index contributed by atoms with van der Waals surface area (Å²) in [4.78, 5) is 23.6. The van der Waals surface area contributed by atoms with Crippen molar-refractivity contribution >= 4 is 11.8 Å². The number of ether oxygens (including phenoxy) is 2. The molecular weight excluding hydrogens is 260 g/mol. The van der Waals surface area contributed by atoms with Crippen LogP contribution in [0, 0.1) is 5.41 Å². The van der Waals surface area contributed by atoms with E-state index in [1.807, 2.05) is 6.07 Å². The summed E-state index contributed by atoms with van der Waals surface area (Å²) in [6.07, 6.45) is -0.787. The van der Waals surface area contributed by atoms with Gasteiger partial charge in [0, 0.05) is 5.41 Å². The number of nitrogens with one attached hydrogen (secondary N) is 2. The monoisotopic (exact) mass is 278 g/mol. The fraction of sp³-hybridized carbons (Fsp3) is 0.429. The lowest BCUT2D eigenvalue weighted by atomic mass is 9.96. The second kappa shape index (κ2) is 5.40. The van der Waals surface area contributed by atoms with Crippen molar-refractivity contribution < 1.29 is 19.1 Å². The summed E-state index contributed by atoms with van der Waals surface area (Å²) < 4.78 is 11.0. The maximum atomic E-state index is 11.9. The Hall–Kier alpha value is -2.24. The Balaban J connectivity index is 1.91. The van der Waals surface area contributed by atoms with Crippen molar-refractivity contribution in [1.82, 2.24) is 10.9 Å². The van der Waals surface area contributed by atoms with E-state index in [4.69, 9.17) is 9.47 Å². The van der Waals surface area contributed by atoms with Gasteiger partial charge in [-0.15, -0.1) is 0 Å². The van der Waals surface area contributed by atoms with Gasteiger partial charge in [0.2, 0.25) is 12.0 Å². The smallest absolute Gasteiger partial charge is 0.283 e. The molecule has 1 aliphatic heterocycles. The Morgan fingerprint density at radius 1 is 1.15 bits per heavy atom. The molecule has 0 bridgehead atoms. The molecule has 6 nitrogen and oxygen atoms in total. The molecule has 0 saturated carbocycles. The number of carbonyl (C=O) groups excluding carboxylic acids is 2. The van der Waals surface area contributed by atoms with Crippen molar-refractivity contribution in [2.45, 2.75) is 26.9 Å². The Morgan fingerprint density at radius 3 is 2.45 bits per heavy atom. The van der Waals surface area contributed by atoms with E-state index in [-0.39, 0.29) is 12.5 Å². The van der Waals surface area contributed by atoms with Crippen molar-refractivity contribution in [3.63, 3.8) is 0 Å². The molecule has 2 N–H and O–H groups in total. The quantitative estimate of drug-likeness (QED) is 0.752. The molecule has 2 rings (SSSR count). The standard InChI is InChI=1S/C14H18N2O4/c1-14(2,3)13(18)16-15-12(17)11-8-19-9-6-4-5-7-10(9)20-11/h4-7,11H,8H2,1-3H3,(H,15,17)(H,16,18). The molecule has 1 aromatic rings. The van der Waals surface area contributed by atoms with Gasteiger partial charge >= 0.3 is 0 Å². The number of hydrazine groups is 1. The van der Waals surface area contributed by atoms with Crippen LogP contribution in [-0.2, 0) is 9.59 Å². The largest absolute Gasteiger partial charge is 0.485 e. The van der Waals surface area contributed by atoms with Crippen LogP contribution < -0.4 is 20.3 Å². The summed E-state index contributed by atoms with van der Waals surface area (Å²) in [6.45, 7) is 5.37. The lowest BCUT2D eigenvalue weighted by Gasteiger charge is -2.26. The molecule has 6 heteroatoms. The summed E-state index contributed by atoms with van der Waals surface area (Å²) >= 11 is 0. The highest BCUT2D eigenvalue weighted by molar-refractivity contribution is 5.87. The molecule has 0 saturated heterocycles. The van der Waals surface area contributed by atoms with Crippen LogP contribution in [0.1, 0.15) is 20.8 Å². The van der Waals surface area contributed by atoms with E-state index in [1.165, 1.54) is 0 Å². The molecule has 0 aliphatic carbocycles. The summed E-state index contributed by atoms with van der Waals surface area (Å²) in [6, 6.07) is 7.11. The first-order chi connectivity index (χ1) is 9.38. The maximum Gasteiger partial charge on any atom is 0.283 e. The molecule has 2 amide bonds. The zero-order valence-corrected chi connectivity index (χ0v) is 11.7. The lowest BCUT2D eigenvalue weighted by molar-refractivity contribution is -0.137. The Morgan fingerprint density at radius 2 is 1.80 bits per heavy atom. The van der Waals surface area contributed by atoms with Crippen LogP contribution in [-0.4, -0.2) is 24.5 Å². The summed E-state index contributed by atoms with van der Waals surface area (Å²) in [7, 11) is 0. The van der Waals surface area contributed by atoms with Gasteiger partial charge < -0.3 is 9.47 Å². The predicted octanol–water partition coefficient (Wildman–Crippen LogP) is 1.02. The molecule has 0 fully saturated rings. The molecule has 0 radical (unpaired) electrons. The van der Waals surface area contributed by atoms with Gasteiger partial charge in [0.15, 0.2) is 11.5 Å². The van der Waals surface area contributed by atoms with Crippen molar-refractivity contribution in [1.29, 1.82) is 0 Å². The number of fused-ring (bicyclic) bond motifs is 1. The van der Waals surface area contributed by atoms with E-state index in [0.29, 0.717) is 11.5 Å². The topological polar surface area (TPSA) is 76.7 Å². The summed E-state index contributed by atoms with van der Waals surface area (Å²) in [5.41, 5.74) is 4.14. The molecule has 1 aromatic carbocycles. The third-order valence-electron chi connectivity index (χ3n) is 2.78. The Bertz CT molecular complexity index is 522. The number of amides is 2. The van der Waals surface area contributed by atoms with Gasteiger partial charge in [0.25, 0.3) is 5.91 Å². The highest BCUT2D eigenvalue weighted by Crippen LogP contribution is 2.30. The zero-order chi connectivity index (χ0) is 14.8. The molecule has 108 valence electrons. The van der Waals surface area contributed by atoms with E-state index in [2.05, 4.69) is 10.9 Å². The first-order valence-electron chi connectivity index (χ1n) is 6.37. The van der Waals surface area contributed by atoms with E-state index in [1.54, 1.807) is 39.0 Å². The van der Waals surface area contributed by atoms with Crippen LogP contribution in [0.2, 0.25) is 0 Å². The van der Waals surface area contributed by atoms with Crippen molar-refractivity contribution in [2.75, 3.05) is 6.61 Å². The third kappa shape index (κ3) is 3.20. The molecule has 1 aliphatic rings. The Kier molecular flexibility index (Phi) is 3.83. The SMILES string of the molecule is CC(C)(C)C(=O)NNC(=O)C1COc2ccccc2O1. The van der Waals surface area contributed by atoms with Gasteiger partial charge in [0.1, 0.15) is 6.61 Å². The molecule has 1 unspecified atom stereocenters. The van der Waals surface area contributed by atoms with Crippen LogP contribution >= 0.6 is 0 Å². The second-order valence-corrected chi connectivity index (χ2v) is 5.56. The third-order valence-corrected chi connectivity index (χ3v) is 2.78. The van der Waals surface area contributed by atoms with Gasteiger partial charge in [-0.05, 0) is 12.1 Å². The molecule has 1 heterocycles. The normalized spacial score (nSPS) is 17.2. The van der Waals surface area contributed by atoms with E-state index >= 15 is 0 Å². The predicted molar refractivity (Wildman–Crippen MR) is 72.1 cm³/mol. The molecule has 1 atom stereocenters. The van der Waals surface area contributed by atoms with Crippen molar-refractivity contribution in [2.24, 2.45) is 5.41 Å². The van der Waals surface area contributed by atoms with E-state index < -0.39 is 17.4 Å². The number of hydrogen-bond donors (Lipinski definition) is 2. The van der Waals surface area contributed by atoms with Gasteiger partial charge in [-0.1, -0.05) is 32.9 Å². The van der Waals surface area contributed by atoms with Gasteiger partial charge in [-0.25, -0.2) is 0 Å². The van der Waals surface area contributed by atoms with Crippen LogP contribution in [0.15, 0.2) is 24.3 Å². The van der Waals surface area contributed by atoms with Crippen molar-refractivity contribution in [3.8, 4) is 11.5 Å². The van der Waals surface area contributed by atoms with E-state index in [9.17, 15) is 9.59 Å². The number of carbonyl (C=O) groups is 2. The van der Waals surface area contributed by atoms with Gasteiger partial charge in [-0.2, -0.15) is 0 Å². The lowest BCUT2D eigenvalue weighted by Crippen LogP contribution is -2.53. The first-order valence-corrected chi connectivity index (χ1v) is 6.37. The molecule has 0 spiro atoms. The van der Waals surface area contributed by atoms with E-state index in [0.717, 1.165) is 0 Å². The van der Waals surface area contributed by atoms with Gasteiger partial charge in [-0.3, -0.25) is 20.4 Å². The summed E-state index contributed by atoms with van der Waals surface area (Å²) in [5.74, 6) is 0.399. The van der Waals surface area contributed by atoms with Crippen molar-refractivity contribution in [3.05, 3.63) is 24.3 Å². The zero-order valence-electron chi connectivity index (χ0n) is 11.7. The van der Waals surface area contributed by atoms with Gasteiger partial charge in [0.05, 0.1) is 0 Å². The summed E-state index contributed by atoms with van der Waals surface area (Å²) in [5, 5.41) is 0. The maximum absolute atomic E-state index is 11.9. The fourth-order valence-corrected chi connectivity index (χ4v) is 1.54. The van der Waals surface area contributed by atoms with Crippen LogP contribution in [0.25, 0.3) is 0 Å². The van der Waals surface area contributed by atoms with Crippen LogP contribution in [0.3, 0.4) is 0 Å². The highest BCUT2D eigenvalue weighted by Gasteiger charge is 2.28. The molecule has 20 heavy (non-hydrogen) atoms. The number of para-hydroxylation sites is 2. The first kappa shape index (κ1) is 14.2. The average molecular weight is 278 g/mol. The Labute approximate surface area is 117 Å². The minimum atomic E-state index is -0.787.